The summed E-state index contributed by atoms with van der Waals surface area (Å²) in [5.74, 6) is 1.72. The second-order valence-corrected chi connectivity index (χ2v) is 6.65. The zero-order chi connectivity index (χ0) is 17.8. The van der Waals surface area contributed by atoms with Crippen LogP contribution in [0, 0.1) is 13.8 Å². The molecule has 0 unspecified atom stereocenters. The van der Waals surface area contributed by atoms with Crippen molar-refractivity contribution in [2.24, 2.45) is 0 Å². The first-order chi connectivity index (χ1) is 12.0. The maximum Gasteiger partial charge on any atom is 0.260 e. The number of aryl methyl sites for hydroxylation is 2. The van der Waals surface area contributed by atoms with Gasteiger partial charge in [0.25, 0.3) is 5.91 Å². The van der Waals surface area contributed by atoms with Crippen molar-refractivity contribution < 1.29 is 9.53 Å². The Hall–Kier alpha value is -2.27. The molecule has 0 spiro atoms. The van der Waals surface area contributed by atoms with Crippen LogP contribution >= 0.6 is 11.6 Å². The smallest absolute Gasteiger partial charge is 0.260 e. The monoisotopic (exact) mass is 359 g/mol. The SMILES string of the molecule is Cc1cccc(C)c1OCC(=O)N1CCN(c2ccc(Cl)cn2)CC1. The van der Waals surface area contributed by atoms with Crippen molar-refractivity contribution in [3.63, 3.8) is 0 Å². The first-order valence-electron chi connectivity index (χ1n) is 8.38. The normalized spacial score (nSPS) is 14.5. The Morgan fingerprint density at radius 2 is 1.80 bits per heavy atom. The third kappa shape index (κ3) is 4.23. The van der Waals surface area contributed by atoms with Gasteiger partial charge in [-0.2, -0.15) is 0 Å². The summed E-state index contributed by atoms with van der Waals surface area (Å²) in [4.78, 5) is 20.8. The van der Waals surface area contributed by atoms with Gasteiger partial charge in [0, 0.05) is 32.4 Å². The van der Waals surface area contributed by atoms with E-state index in [1.54, 1.807) is 6.20 Å². The van der Waals surface area contributed by atoms with Gasteiger partial charge in [0.1, 0.15) is 11.6 Å². The number of nitrogens with zero attached hydrogens (tertiary/aromatic N) is 3. The number of anilines is 1. The number of carbonyl (C=O) groups is 1. The van der Waals surface area contributed by atoms with Crippen LogP contribution in [0.15, 0.2) is 36.5 Å². The summed E-state index contributed by atoms with van der Waals surface area (Å²) in [5, 5.41) is 0.626. The third-order valence-corrected chi connectivity index (χ3v) is 4.64. The van der Waals surface area contributed by atoms with E-state index in [0.29, 0.717) is 18.1 Å². The summed E-state index contributed by atoms with van der Waals surface area (Å²) < 4.78 is 5.78. The van der Waals surface area contributed by atoms with Crippen LogP contribution in [-0.4, -0.2) is 48.6 Å². The average Bonchev–Trinajstić information content (AvgIpc) is 2.62. The van der Waals surface area contributed by atoms with E-state index in [4.69, 9.17) is 16.3 Å². The molecule has 3 rings (SSSR count). The van der Waals surface area contributed by atoms with Crippen LogP contribution in [0.1, 0.15) is 11.1 Å². The van der Waals surface area contributed by atoms with Gasteiger partial charge in [-0.05, 0) is 37.1 Å². The lowest BCUT2D eigenvalue weighted by Gasteiger charge is -2.35. The summed E-state index contributed by atoms with van der Waals surface area (Å²) >= 11 is 5.87. The Balaban J connectivity index is 1.52. The summed E-state index contributed by atoms with van der Waals surface area (Å²) in [6.45, 7) is 6.90. The second-order valence-electron chi connectivity index (χ2n) is 6.21. The number of ether oxygens (including phenoxy) is 1. The molecule has 1 aromatic carbocycles. The van der Waals surface area contributed by atoms with Gasteiger partial charge in [-0.3, -0.25) is 4.79 Å². The maximum absolute atomic E-state index is 12.4. The van der Waals surface area contributed by atoms with E-state index in [-0.39, 0.29) is 12.5 Å². The van der Waals surface area contributed by atoms with Crippen LogP contribution in [0.4, 0.5) is 5.82 Å². The zero-order valence-corrected chi connectivity index (χ0v) is 15.3. The molecule has 0 bridgehead atoms. The fourth-order valence-corrected chi connectivity index (χ4v) is 3.10. The highest BCUT2D eigenvalue weighted by molar-refractivity contribution is 6.30. The number of benzene rings is 1. The fourth-order valence-electron chi connectivity index (χ4n) is 2.99. The lowest BCUT2D eigenvalue weighted by molar-refractivity contribution is -0.133. The molecule has 2 heterocycles. The number of halogens is 1. The molecule has 0 N–H and O–H groups in total. The van der Waals surface area contributed by atoms with Gasteiger partial charge < -0.3 is 14.5 Å². The highest BCUT2D eigenvalue weighted by atomic mass is 35.5. The molecular formula is C19H22ClN3O2. The van der Waals surface area contributed by atoms with E-state index in [1.807, 2.05) is 49.1 Å². The molecule has 5 nitrogen and oxygen atoms in total. The molecule has 0 radical (unpaired) electrons. The lowest BCUT2D eigenvalue weighted by Crippen LogP contribution is -2.50. The van der Waals surface area contributed by atoms with E-state index in [9.17, 15) is 4.79 Å². The highest BCUT2D eigenvalue weighted by Crippen LogP contribution is 2.22. The van der Waals surface area contributed by atoms with Gasteiger partial charge in [-0.15, -0.1) is 0 Å². The summed E-state index contributed by atoms with van der Waals surface area (Å²) in [6.07, 6.45) is 1.65. The highest BCUT2D eigenvalue weighted by Gasteiger charge is 2.22. The summed E-state index contributed by atoms with van der Waals surface area (Å²) in [5.41, 5.74) is 2.10. The molecule has 1 aromatic heterocycles. The minimum Gasteiger partial charge on any atom is -0.483 e. The topological polar surface area (TPSA) is 45.7 Å². The quantitative estimate of drug-likeness (QED) is 0.841. The number of para-hydroxylation sites is 1. The predicted molar refractivity (Wildman–Crippen MR) is 99.5 cm³/mol. The molecule has 132 valence electrons. The Kier molecular flexibility index (Phi) is 5.43. The predicted octanol–water partition coefficient (Wildman–Crippen LogP) is 3.08. The van der Waals surface area contributed by atoms with Gasteiger partial charge in [0.15, 0.2) is 6.61 Å². The maximum atomic E-state index is 12.4. The minimum atomic E-state index is 0.0198. The second kappa shape index (κ2) is 7.74. The van der Waals surface area contributed by atoms with Crippen molar-refractivity contribution in [1.29, 1.82) is 0 Å². The molecule has 6 heteroatoms. The number of pyridine rings is 1. The number of rotatable bonds is 4. The Labute approximate surface area is 153 Å². The summed E-state index contributed by atoms with van der Waals surface area (Å²) in [6, 6.07) is 9.71. The van der Waals surface area contributed by atoms with Crippen molar-refractivity contribution >= 4 is 23.3 Å². The van der Waals surface area contributed by atoms with Crippen molar-refractivity contribution in [3.8, 4) is 5.75 Å². The van der Waals surface area contributed by atoms with E-state index in [1.165, 1.54) is 0 Å². The van der Waals surface area contributed by atoms with Crippen LogP contribution < -0.4 is 9.64 Å². The average molecular weight is 360 g/mol. The molecule has 25 heavy (non-hydrogen) atoms. The Morgan fingerprint density at radius 1 is 1.12 bits per heavy atom. The molecule has 2 aromatic rings. The number of amides is 1. The number of piperazine rings is 1. The van der Waals surface area contributed by atoms with Crippen LogP contribution in [0.3, 0.4) is 0 Å². The van der Waals surface area contributed by atoms with Crippen molar-refractivity contribution in [2.75, 3.05) is 37.7 Å². The number of hydrogen-bond acceptors (Lipinski definition) is 4. The Morgan fingerprint density at radius 3 is 2.40 bits per heavy atom. The van der Waals surface area contributed by atoms with Crippen LogP contribution in [-0.2, 0) is 4.79 Å². The van der Waals surface area contributed by atoms with Gasteiger partial charge in [0.05, 0.1) is 5.02 Å². The molecule has 0 atom stereocenters. The molecule has 1 aliphatic heterocycles. The summed E-state index contributed by atoms with van der Waals surface area (Å²) in [7, 11) is 0. The molecule has 0 aliphatic carbocycles. The van der Waals surface area contributed by atoms with Gasteiger partial charge in [0.2, 0.25) is 0 Å². The molecule has 1 amide bonds. The van der Waals surface area contributed by atoms with Crippen molar-refractivity contribution in [1.82, 2.24) is 9.88 Å². The van der Waals surface area contributed by atoms with Crippen molar-refractivity contribution in [2.45, 2.75) is 13.8 Å². The first kappa shape index (κ1) is 17.5. The van der Waals surface area contributed by atoms with Crippen LogP contribution in [0.25, 0.3) is 0 Å². The lowest BCUT2D eigenvalue weighted by atomic mass is 10.1. The molecule has 1 fully saturated rings. The zero-order valence-electron chi connectivity index (χ0n) is 14.5. The standard InChI is InChI=1S/C19H22ClN3O2/c1-14-4-3-5-15(2)19(14)25-13-18(24)23-10-8-22(9-11-23)17-7-6-16(20)12-21-17/h3-7,12H,8-11,13H2,1-2H3. The number of aromatic nitrogens is 1. The largest absolute Gasteiger partial charge is 0.483 e. The number of hydrogen-bond donors (Lipinski definition) is 0. The van der Waals surface area contributed by atoms with E-state index < -0.39 is 0 Å². The van der Waals surface area contributed by atoms with Gasteiger partial charge >= 0.3 is 0 Å². The molecule has 0 saturated carbocycles. The van der Waals surface area contributed by atoms with Crippen LogP contribution in [0.5, 0.6) is 5.75 Å². The Bertz CT molecular complexity index is 721. The fraction of sp³-hybridized carbons (Fsp3) is 0.368. The molecule has 1 saturated heterocycles. The van der Waals surface area contributed by atoms with Gasteiger partial charge in [-0.1, -0.05) is 29.8 Å². The first-order valence-corrected chi connectivity index (χ1v) is 8.75. The molecule has 1 aliphatic rings. The minimum absolute atomic E-state index is 0.0198. The van der Waals surface area contributed by atoms with Crippen molar-refractivity contribution in [3.05, 3.63) is 52.7 Å². The number of carbonyl (C=O) groups excluding carboxylic acids is 1. The molecular weight excluding hydrogens is 338 g/mol. The van der Waals surface area contributed by atoms with Crippen LogP contribution in [0.2, 0.25) is 5.02 Å². The van der Waals surface area contributed by atoms with Gasteiger partial charge in [-0.25, -0.2) is 4.98 Å². The van der Waals surface area contributed by atoms with E-state index >= 15 is 0 Å². The van der Waals surface area contributed by atoms with E-state index in [2.05, 4.69) is 9.88 Å². The van der Waals surface area contributed by atoms with E-state index in [0.717, 1.165) is 35.8 Å². The third-order valence-electron chi connectivity index (χ3n) is 4.42.